The molecule has 0 radical (unpaired) electrons. The number of nitrogens with zero attached hydrogens (tertiary/aromatic N) is 5. The van der Waals surface area contributed by atoms with Gasteiger partial charge >= 0.3 is 6.09 Å². The Hall–Kier alpha value is -3.13. The van der Waals surface area contributed by atoms with E-state index in [0.29, 0.717) is 26.3 Å². The van der Waals surface area contributed by atoms with Crippen LogP contribution >= 0.6 is 0 Å². The van der Waals surface area contributed by atoms with Gasteiger partial charge in [-0.15, -0.1) is 0 Å². The minimum absolute atomic E-state index is 0.293. The Morgan fingerprint density at radius 1 is 1.06 bits per heavy atom. The first kappa shape index (κ1) is 21.7. The lowest BCUT2D eigenvalue weighted by Crippen LogP contribution is -2.37. The molecule has 174 valence electrons. The zero-order valence-electron chi connectivity index (χ0n) is 19.6. The number of anilines is 3. The maximum Gasteiger partial charge on any atom is 0.410 e. The molecule has 0 N–H and O–H groups in total. The predicted molar refractivity (Wildman–Crippen MR) is 128 cm³/mol. The fraction of sp³-hybridized carbons (Fsp3) is 0.480. The van der Waals surface area contributed by atoms with E-state index in [1.165, 1.54) is 0 Å². The summed E-state index contributed by atoms with van der Waals surface area (Å²) in [6.07, 6.45) is 2.67. The molecule has 0 atom stereocenters. The Labute approximate surface area is 194 Å². The first-order valence-corrected chi connectivity index (χ1v) is 11.6. The van der Waals surface area contributed by atoms with E-state index in [2.05, 4.69) is 40.1 Å². The van der Waals surface area contributed by atoms with Crippen molar-refractivity contribution in [3.8, 4) is 0 Å². The van der Waals surface area contributed by atoms with Crippen molar-refractivity contribution in [2.24, 2.45) is 0 Å². The number of carbonyl (C=O) groups is 1. The van der Waals surface area contributed by atoms with Gasteiger partial charge in [-0.05, 0) is 44.9 Å². The Morgan fingerprint density at radius 3 is 2.55 bits per heavy atom. The molecule has 8 nitrogen and oxygen atoms in total. The summed E-state index contributed by atoms with van der Waals surface area (Å²) in [5.74, 6) is 1.69. The predicted octanol–water partition coefficient (Wildman–Crippen LogP) is 3.64. The molecule has 0 aliphatic carbocycles. The number of hydrogen-bond donors (Lipinski definition) is 0. The number of fused-ring (bicyclic) bond motifs is 1. The largest absolute Gasteiger partial charge is 0.444 e. The van der Waals surface area contributed by atoms with Crippen LogP contribution in [0.2, 0.25) is 0 Å². The van der Waals surface area contributed by atoms with Crippen LogP contribution in [0, 0.1) is 0 Å². The minimum atomic E-state index is -0.518. The van der Waals surface area contributed by atoms with Gasteiger partial charge in [-0.2, -0.15) is 4.98 Å². The van der Waals surface area contributed by atoms with Crippen LogP contribution in [-0.4, -0.2) is 72.5 Å². The Bertz CT molecular complexity index is 1060. The number of hydrogen-bond acceptors (Lipinski definition) is 7. The number of ether oxygens (including phenoxy) is 2. The van der Waals surface area contributed by atoms with Gasteiger partial charge in [0.2, 0.25) is 5.95 Å². The molecule has 0 unspecified atom stereocenters. The van der Waals surface area contributed by atoms with Crippen LogP contribution in [0.15, 0.2) is 36.4 Å². The maximum atomic E-state index is 12.6. The van der Waals surface area contributed by atoms with Gasteiger partial charge in [0.05, 0.1) is 25.5 Å². The summed E-state index contributed by atoms with van der Waals surface area (Å²) in [7, 11) is 0. The standard InChI is InChI=1S/C25H31N5O3/c1-25(2,3)33-24(31)29-11-9-18(17-29)21-20-10-12-30(19-7-5-4-6-8-19)22(20)27-23(26-21)28-13-15-32-16-14-28/h4-9H,10-17H2,1-3H3. The topological polar surface area (TPSA) is 71.0 Å². The highest BCUT2D eigenvalue weighted by Crippen LogP contribution is 2.38. The van der Waals surface area contributed by atoms with Crippen molar-refractivity contribution in [3.63, 3.8) is 0 Å². The molecule has 4 heterocycles. The molecule has 3 aliphatic rings. The molecule has 1 aromatic heterocycles. The highest BCUT2D eigenvalue weighted by molar-refractivity contribution is 5.81. The third-order valence-corrected chi connectivity index (χ3v) is 6.05. The zero-order valence-corrected chi connectivity index (χ0v) is 19.6. The van der Waals surface area contributed by atoms with E-state index in [0.717, 1.165) is 60.3 Å². The lowest BCUT2D eigenvalue weighted by molar-refractivity contribution is 0.0306. The van der Waals surface area contributed by atoms with E-state index in [9.17, 15) is 4.79 Å². The van der Waals surface area contributed by atoms with Gasteiger partial charge in [0, 0.05) is 37.4 Å². The summed E-state index contributed by atoms with van der Waals surface area (Å²) in [5.41, 5.74) is 3.77. The summed E-state index contributed by atoms with van der Waals surface area (Å²) in [5, 5.41) is 0. The monoisotopic (exact) mass is 449 g/mol. The number of benzene rings is 1. The maximum absolute atomic E-state index is 12.6. The summed E-state index contributed by atoms with van der Waals surface area (Å²) in [6.45, 7) is 10.4. The molecule has 0 bridgehead atoms. The zero-order chi connectivity index (χ0) is 23.0. The fourth-order valence-electron chi connectivity index (χ4n) is 4.47. The lowest BCUT2D eigenvalue weighted by atomic mass is 10.1. The van der Waals surface area contributed by atoms with E-state index in [1.54, 1.807) is 4.90 Å². The molecule has 1 fully saturated rings. The van der Waals surface area contributed by atoms with Crippen molar-refractivity contribution >= 4 is 29.1 Å². The summed E-state index contributed by atoms with van der Waals surface area (Å²) < 4.78 is 11.1. The Kier molecular flexibility index (Phi) is 5.70. The number of morpholine rings is 1. The Morgan fingerprint density at radius 2 is 1.82 bits per heavy atom. The van der Waals surface area contributed by atoms with Crippen molar-refractivity contribution < 1.29 is 14.3 Å². The molecule has 2 aromatic rings. The molecule has 1 aromatic carbocycles. The number of amides is 1. The minimum Gasteiger partial charge on any atom is -0.444 e. The number of para-hydroxylation sites is 1. The van der Waals surface area contributed by atoms with Crippen LogP contribution in [-0.2, 0) is 15.9 Å². The van der Waals surface area contributed by atoms with Gasteiger partial charge < -0.3 is 24.2 Å². The van der Waals surface area contributed by atoms with Crippen molar-refractivity contribution in [2.75, 3.05) is 55.7 Å². The molecule has 8 heteroatoms. The molecule has 0 spiro atoms. The second kappa shape index (κ2) is 8.67. The van der Waals surface area contributed by atoms with Crippen molar-refractivity contribution in [1.29, 1.82) is 0 Å². The molecule has 5 rings (SSSR count). The highest BCUT2D eigenvalue weighted by atomic mass is 16.6. The molecule has 3 aliphatic heterocycles. The average Bonchev–Trinajstić information content (AvgIpc) is 3.46. The molecule has 0 saturated carbocycles. The van der Waals surface area contributed by atoms with Crippen LogP contribution in [0.1, 0.15) is 32.0 Å². The second-order valence-corrected chi connectivity index (χ2v) is 9.60. The second-order valence-electron chi connectivity index (χ2n) is 9.60. The summed E-state index contributed by atoms with van der Waals surface area (Å²) >= 11 is 0. The molecule has 1 amide bonds. The number of carbonyl (C=O) groups excluding carboxylic acids is 1. The molecular formula is C25H31N5O3. The lowest BCUT2D eigenvalue weighted by Gasteiger charge is -2.28. The van der Waals surface area contributed by atoms with E-state index in [1.807, 2.05) is 26.8 Å². The van der Waals surface area contributed by atoms with Crippen LogP contribution < -0.4 is 9.80 Å². The first-order valence-electron chi connectivity index (χ1n) is 11.6. The third kappa shape index (κ3) is 4.53. The van der Waals surface area contributed by atoms with E-state index in [-0.39, 0.29) is 6.09 Å². The number of aromatic nitrogens is 2. The summed E-state index contributed by atoms with van der Waals surface area (Å²) in [4.78, 5) is 28.9. The molecule has 33 heavy (non-hydrogen) atoms. The van der Waals surface area contributed by atoms with E-state index >= 15 is 0 Å². The van der Waals surface area contributed by atoms with Gasteiger partial charge in [-0.25, -0.2) is 9.78 Å². The van der Waals surface area contributed by atoms with Crippen molar-refractivity contribution in [3.05, 3.63) is 47.7 Å². The van der Waals surface area contributed by atoms with Gasteiger partial charge in [-0.1, -0.05) is 24.3 Å². The highest BCUT2D eigenvalue weighted by Gasteiger charge is 2.32. The SMILES string of the molecule is CC(C)(C)OC(=O)N1CC=C(c2nc(N3CCOCC3)nc3c2CCN3c2ccccc2)C1. The van der Waals surface area contributed by atoms with Crippen molar-refractivity contribution in [2.45, 2.75) is 32.8 Å². The molecular weight excluding hydrogens is 418 g/mol. The van der Waals surface area contributed by atoms with Gasteiger partial charge in [0.15, 0.2) is 0 Å². The fourth-order valence-corrected chi connectivity index (χ4v) is 4.47. The third-order valence-electron chi connectivity index (χ3n) is 6.05. The van der Waals surface area contributed by atoms with Crippen LogP contribution in [0.4, 0.5) is 22.2 Å². The summed E-state index contributed by atoms with van der Waals surface area (Å²) in [6, 6.07) is 10.4. The van der Waals surface area contributed by atoms with E-state index < -0.39 is 5.60 Å². The van der Waals surface area contributed by atoms with E-state index in [4.69, 9.17) is 19.4 Å². The van der Waals surface area contributed by atoms with Crippen LogP contribution in [0.5, 0.6) is 0 Å². The average molecular weight is 450 g/mol. The number of rotatable bonds is 3. The quantitative estimate of drug-likeness (QED) is 0.708. The van der Waals surface area contributed by atoms with Crippen molar-refractivity contribution in [1.82, 2.24) is 14.9 Å². The normalized spacial score (nSPS) is 18.4. The van der Waals surface area contributed by atoms with Gasteiger partial charge in [0.25, 0.3) is 0 Å². The first-order chi connectivity index (χ1) is 15.9. The molecule has 1 saturated heterocycles. The Balaban J connectivity index is 1.48. The van der Waals surface area contributed by atoms with Gasteiger partial charge in [-0.3, -0.25) is 0 Å². The van der Waals surface area contributed by atoms with Crippen LogP contribution in [0.25, 0.3) is 5.57 Å². The van der Waals surface area contributed by atoms with Gasteiger partial charge in [0.1, 0.15) is 11.4 Å². The smallest absolute Gasteiger partial charge is 0.410 e. The van der Waals surface area contributed by atoms with Crippen LogP contribution in [0.3, 0.4) is 0 Å².